The Balaban J connectivity index is 0.994. The van der Waals surface area contributed by atoms with Crippen LogP contribution in [0.15, 0.2) is 209 Å². The Morgan fingerprint density at radius 2 is 0.948 bits per heavy atom. The maximum absolute atomic E-state index is 6.42. The Kier molecular flexibility index (Phi) is 7.16. The molecule has 0 unspecified atom stereocenters. The molecule has 0 fully saturated rings. The van der Waals surface area contributed by atoms with E-state index in [2.05, 4.69) is 167 Å². The molecule has 0 bridgehead atoms. The average molecular weight is 744 g/mol. The predicted molar refractivity (Wildman–Crippen MR) is 239 cm³/mol. The van der Waals surface area contributed by atoms with Gasteiger partial charge in [-0.25, -0.2) is 4.98 Å². The number of nitrogens with zero attached hydrogens (tertiary/aromatic N) is 3. The van der Waals surface area contributed by atoms with E-state index >= 15 is 0 Å². The van der Waals surface area contributed by atoms with E-state index in [1.807, 2.05) is 42.5 Å². The number of fused-ring (bicyclic) bond motifs is 9. The molecule has 12 rings (SSSR count). The molecule has 0 amide bonds. The van der Waals surface area contributed by atoms with Crippen LogP contribution in [0, 0.1) is 0 Å². The topological polar surface area (TPSA) is 47.3 Å². The minimum absolute atomic E-state index is 0.621. The summed E-state index contributed by atoms with van der Waals surface area (Å²) >= 11 is 0. The van der Waals surface area contributed by atoms with Gasteiger partial charge in [0.25, 0.3) is 0 Å². The van der Waals surface area contributed by atoms with E-state index in [9.17, 15) is 0 Å². The standard InChI is InChI=1S/C53H33N3O2/c1-2-12-35(13-3-1)53-54-52-44-18-5-4-14-40(44)45(33-51(52)58-53)34-22-24-36(25-23-34)55(39-30-31-50-46(32-39)43-17-8-11-21-49(43)57-50)37-26-28-38(29-27-37)56-47-19-9-6-15-41(47)42-16-7-10-20-48(42)56/h1-33H. The largest absolute Gasteiger partial charge is 0.456 e. The van der Waals surface area contributed by atoms with Crippen molar-refractivity contribution in [2.24, 2.45) is 0 Å². The molecule has 272 valence electrons. The third-order valence-corrected chi connectivity index (χ3v) is 11.4. The quantitative estimate of drug-likeness (QED) is 0.170. The van der Waals surface area contributed by atoms with E-state index in [0.29, 0.717) is 5.89 Å². The Bertz CT molecular complexity index is 3450. The van der Waals surface area contributed by atoms with Crippen molar-refractivity contribution in [2.45, 2.75) is 0 Å². The second kappa shape index (κ2) is 12.8. The zero-order chi connectivity index (χ0) is 38.2. The van der Waals surface area contributed by atoms with Crippen molar-refractivity contribution < 1.29 is 8.83 Å². The lowest BCUT2D eigenvalue weighted by molar-refractivity contribution is 0.620. The molecule has 12 aromatic rings. The SMILES string of the molecule is c1ccc(-c2nc3c(cc(-c4ccc(N(c5ccc(-n6c7ccccc7c7ccccc76)cc5)c5ccc6oc7ccccc7c6c5)cc4)c4ccccc43)o2)cc1. The summed E-state index contributed by atoms with van der Waals surface area (Å²) in [4.78, 5) is 7.28. The Hall–Kier alpha value is -7.89. The lowest BCUT2D eigenvalue weighted by Gasteiger charge is -2.26. The highest BCUT2D eigenvalue weighted by atomic mass is 16.3. The number of benzene rings is 9. The molecule has 5 nitrogen and oxygen atoms in total. The Labute approximate surface area is 333 Å². The lowest BCUT2D eigenvalue weighted by Crippen LogP contribution is -2.10. The first-order valence-electron chi connectivity index (χ1n) is 19.5. The van der Waals surface area contributed by atoms with E-state index in [4.69, 9.17) is 13.8 Å². The van der Waals surface area contributed by atoms with Crippen LogP contribution in [-0.4, -0.2) is 9.55 Å². The van der Waals surface area contributed by atoms with E-state index in [-0.39, 0.29) is 0 Å². The lowest BCUT2D eigenvalue weighted by atomic mass is 9.97. The Morgan fingerprint density at radius 3 is 1.67 bits per heavy atom. The van der Waals surface area contributed by atoms with Crippen LogP contribution in [0.2, 0.25) is 0 Å². The smallest absolute Gasteiger partial charge is 0.227 e. The van der Waals surface area contributed by atoms with E-state index < -0.39 is 0 Å². The summed E-state index contributed by atoms with van der Waals surface area (Å²) in [6.45, 7) is 0. The molecule has 58 heavy (non-hydrogen) atoms. The first-order chi connectivity index (χ1) is 28.7. The van der Waals surface area contributed by atoms with Crippen molar-refractivity contribution in [2.75, 3.05) is 4.90 Å². The fourth-order valence-electron chi connectivity index (χ4n) is 8.74. The molecule has 3 aromatic heterocycles. The van der Waals surface area contributed by atoms with Crippen LogP contribution in [0.1, 0.15) is 0 Å². The van der Waals surface area contributed by atoms with Gasteiger partial charge in [0.1, 0.15) is 16.7 Å². The Morgan fingerprint density at radius 1 is 0.379 bits per heavy atom. The maximum atomic E-state index is 6.42. The molecule has 9 aromatic carbocycles. The fourth-order valence-corrected chi connectivity index (χ4v) is 8.74. The van der Waals surface area contributed by atoms with E-state index in [1.54, 1.807) is 0 Å². The number of aromatic nitrogens is 2. The molecule has 0 aliphatic carbocycles. The molecule has 0 aliphatic heterocycles. The van der Waals surface area contributed by atoms with Crippen LogP contribution in [0.3, 0.4) is 0 Å². The van der Waals surface area contributed by atoms with Crippen LogP contribution >= 0.6 is 0 Å². The summed E-state index contributed by atoms with van der Waals surface area (Å²) in [6, 6.07) is 70.4. The number of hydrogen-bond acceptors (Lipinski definition) is 4. The van der Waals surface area contributed by atoms with Crippen molar-refractivity contribution in [3.05, 3.63) is 200 Å². The number of para-hydroxylation sites is 3. The van der Waals surface area contributed by atoms with Gasteiger partial charge in [-0.15, -0.1) is 0 Å². The number of hydrogen-bond donors (Lipinski definition) is 0. The van der Waals surface area contributed by atoms with Gasteiger partial charge in [0.15, 0.2) is 5.58 Å². The monoisotopic (exact) mass is 743 g/mol. The van der Waals surface area contributed by atoms with E-state index in [0.717, 1.165) is 83.3 Å². The minimum Gasteiger partial charge on any atom is -0.456 e. The summed E-state index contributed by atoms with van der Waals surface area (Å²) in [7, 11) is 0. The normalized spacial score (nSPS) is 11.8. The van der Waals surface area contributed by atoms with Crippen molar-refractivity contribution in [3.63, 3.8) is 0 Å². The number of anilines is 3. The maximum Gasteiger partial charge on any atom is 0.227 e. The second-order valence-corrected chi connectivity index (χ2v) is 14.7. The number of furan rings is 1. The van der Waals surface area contributed by atoms with Crippen molar-refractivity contribution >= 4 is 82.7 Å². The van der Waals surface area contributed by atoms with Gasteiger partial charge in [-0.05, 0) is 108 Å². The van der Waals surface area contributed by atoms with E-state index in [1.165, 1.54) is 21.8 Å². The summed E-state index contributed by atoms with van der Waals surface area (Å²) in [5.74, 6) is 0.621. The molecule has 0 aliphatic rings. The molecule has 0 atom stereocenters. The first kappa shape index (κ1) is 32.4. The summed E-state index contributed by atoms with van der Waals surface area (Å²) in [6.07, 6.45) is 0. The highest BCUT2D eigenvalue weighted by Gasteiger charge is 2.19. The van der Waals surface area contributed by atoms with Gasteiger partial charge in [-0.2, -0.15) is 0 Å². The van der Waals surface area contributed by atoms with Gasteiger partial charge in [-0.1, -0.05) is 109 Å². The van der Waals surface area contributed by atoms with Gasteiger partial charge < -0.3 is 18.3 Å². The molecule has 0 saturated carbocycles. The average Bonchev–Trinajstić information content (AvgIpc) is 3.99. The molecular weight excluding hydrogens is 711 g/mol. The van der Waals surface area contributed by atoms with Crippen molar-refractivity contribution in [1.82, 2.24) is 9.55 Å². The highest BCUT2D eigenvalue weighted by molar-refractivity contribution is 6.12. The number of rotatable bonds is 6. The zero-order valence-electron chi connectivity index (χ0n) is 31.2. The first-order valence-corrected chi connectivity index (χ1v) is 19.5. The fraction of sp³-hybridized carbons (Fsp3) is 0. The predicted octanol–water partition coefficient (Wildman–Crippen LogP) is 14.8. The van der Waals surface area contributed by atoms with Gasteiger partial charge in [-0.3, -0.25) is 0 Å². The van der Waals surface area contributed by atoms with Crippen LogP contribution in [-0.2, 0) is 0 Å². The zero-order valence-corrected chi connectivity index (χ0v) is 31.2. The summed E-state index contributed by atoms with van der Waals surface area (Å²) < 4.78 is 15.0. The molecule has 5 heteroatoms. The molecule has 3 heterocycles. The van der Waals surface area contributed by atoms with Crippen LogP contribution in [0.4, 0.5) is 17.1 Å². The van der Waals surface area contributed by atoms with Crippen molar-refractivity contribution in [3.8, 4) is 28.3 Å². The van der Waals surface area contributed by atoms with Gasteiger partial charge in [0.2, 0.25) is 5.89 Å². The van der Waals surface area contributed by atoms with Crippen LogP contribution in [0.25, 0.3) is 93.9 Å². The highest BCUT2D eigenvalue weighted by Crippen LogP contribution is 2.42. The molecular formula is C53H33N3O2. The summed E-state index contributed by atoms with van der Waals surface area (Å²) in [5, 5.41) is 6.87. The second-order valence-electron chi connectivity index (χ2n) is 14.7. The molecule has 0 saturated heterocycles. The minimum atomic E-state index is 0.621. The van der Waals surface area contributed by atoms with Gasteiger partial charge >= 0.3 is 0 Å². The van der Waals surface area contributed by atoms with Gasteiger partial charge in [0.05, 0.1) is 11.0 Å². The van der Waals surface area contributed by atoms with Crippen LogP contribution in [0.5, 0.6) is 0 Å². The molecule has 0 spiro atoms. The third-order valence-electron chi connectivity index (χ3n) is 11.4. The third kappa shape index (κ3) is 5.07. The molecule has 0 radical (unpaired) electrons. The van der Waals surface area contributed by atoms with Crippen LogP contribution < -0.4 is 4.90 Å². The van der Waals surface area contributed by atoms with Crippen molar-refractivity contribution in [1.29, 1.82) is 0 Å². The molecule has 0 N–H and O–H groups in total. The number of oxazole rings is 1. The van der Waals surface area contributed by atoms with Gasteiger partial charge in [0, 0.05) is 55.2 Å². The summed E-state index contributed by atoms with van der Waals surface area (Å²) in [5.41, 5.74) is 13.1.